The Balaban J connectivity index is 1.80. The maximum Gasteiger partial charge on any atom is 0.191 e. The molecular formula is C18H37NO2Si. The zero-order chi connectivity index (χ0) is 16.6. The molecule has 22 heavy (non-hydrogen) atoms. The fraction of sp³-hybridized carbons (Fsp3) is 1.00. The van der Waals surface area contributed by atoms with Gasteiger partial charge in [0.2, 0.25) is 0 Å². The van der Waals surface area contributed by atoms with Gasteiger partial charge in [-0.2, -0.15) is 0 Å². The second kappa shape index (κ2) is 6.54. The van der Waals surface area contributed by atoms with Gasteiger partial charge in [-0.25, -0.2) is 0 Å². The lowest BCUT2D eigenvalue weighted by Crippen LogP contribution is -2.56. The summed E-state index contributed by atoms with van der Waals surface area (Å²) in [5.41, 5.74) is -0.445. The molecule has 2 aliphatic rings. The molecule has 2 atom stereocenters. The zero-order valence-electron chi connectivity index (χ0n) is 15.6. The van der Waals surface area contributed by atoms with Gasteiger partial charge >= 0.3 is 0 Å². The molecule has 0 aromatic heterocycles. The summed E-state index contributed by atoms with van der Waals surface area (Å²) in [5.74, 6) is 0. The van der Waals surface area contributed by atoms with Crippen LogP contribution in [0.3, 0.4) is 0 Å². The first-order valence-corrected chi connectivity index (χ1v) is 12.0. The summed E-state index contributed by atoms with van der Waals surface area (Å²) in [6.45, 7) is 12.3. The molecule has 2 heterocycles. The van der Waals surface area contributed by atoms with Crippen LogP contribution in [0.4, 0.5) is 0 Å². The summed E-state index contributed by atoms with van der Waals surface area (Å²) in [6.07, 6.45) is 7.67. The largest absolute Gasteiger partial charge is 0.417 e. The average Bonchev–Trinajstić information content (AvgIpc) is 2.36. The first-order chi connectivity index (χ1) is 10.0. The molecule has 0 aromatic rings. The van der Waals surface area contributed by atoms with Gasteiger partial charge in [0.15, 0.2) is 8.32 Å². The fourth-order valence-electron chi connectivity index (χ4n) is 3.90. The van der Waals surface area contributed by atoms with Crippen LogP contribution >= 0.6 is 0 Å². The summed E-state index contributed by atoms with van der Waals surface area (Å²) < 4.78 is 6.26. The Kier molecular flexibility index (Phi) is 5.48. The lowest BCUT2D eigenvalue weighted by molar-refractivity contribution is -0.0888. The van der Waals surface area contributed by atoms with Gasteiger partial charge < -0.3 is 14.4 Å². The molecule has 2 bridgehead atoms. The molecule has 4 heteroatoms. The maximum atomic E-state index is 11.0. The molecular weight excluding hydrogens is 290 g/mol. The van der Waals surface area contributed by atoms with E-state index in [4.69, 9.17) is 4.43 Å². The minimum Gasteiger partial charge on any atom is -0.417 e. The highest BCUT2D eigenvalue weighted by Gasteiger charge is 2.43. The Hall–Kier alpha value is 0.0969. The summed E-state index contributed by atoms with van der Waals surface area (Å²) in [7, 11) is 0.605. The van der Waals surface area contributed by atoms with Crippen LogP contribution in [-0.2, 0) is 4.43 Å². The topological polar surface area (TPSA) is 32.7 Å². The van der Waals surface area contributed by atoms with Crippen LogP contribution in [0.2, 0.25) is 18.1 Å². The van der Waals surface area contributed by atoms with Crippen molar-refractivity contribution < 1.29 is 9.53 Å². The molecule has 2 saturated heterocycles. The first-order valence-electron chi connectivity index (χ1n) is 9.12. The van der Waals surface area contributed by atoms with Crippen LogP contribution < -0.4 is 0 Å². The van der Waals surface area contributed by atoms with E-state index in [1.54, 1.807) is 0 Å². The molecule has 130 valence electrons. The zero-order valence-corrected chi connectivity index (χ0v) is 16.6. The monoisotopic (exact) mass is 327 g/mol. The van der Waals surface area contributed by atoms with Crippen molar-refractivity contribution in [1.29, 1.82) is 0 Å². The van der Waals surface area contributed by atoms with Gasteiger partial charge in [0.25, 0.3) is 0 Å². The Morgan fingerprint density at radius 3 is 2.23 bits per heavy atom. The van der Waals surface area contributed by atoms with E-state index >= 15 is 0 Å². The van der Waals surface area contributed by atoms with Gasteiger partial charge in [-0.15, -0.1) is 0 Å². The third-order valence-corrected chi connectivity index (χ3v) is 11.1. The van der Waals surface area contributed by atoms with Crippen LogP contribution in [0.25, 0.3) is 0 Å². The predicted octanol–water partition coefficient (Wildman–Crippen LogP) is 4.17. The number of aliphatic hydroxyl groups is 1. The molecule has 2 rings (SSSR count). The van der Waals surface area contributed by atoms with E-state index in [9.17, 15) is 5.11 Å². The van der Waals surface area contributed by atoms with Crippen molar-refractivity contribution in [3.05, 3.63) is 0 Å². The van der Waals surface area contributed by atoms with Crippen molar-refractivity contribution in [1.82, 2.24) is 4.90 Å². The van der Waals surface area contributed by atoms with Crippen molar-refractivity contribution in [3.8, 4) is 0 Å². The van der Waals surface area contributed by atoms with Crippen molar-refractivity contribution in [2.24, 2.45) is 0 Å². The quantitative estimate of drug-likeness (QED) is 0.608. The summed E-state index contributed by atoms with van der Waals surface area (Å²) in [6, 6.07) is 1.19. The fourth-order valence-corrected chi connectivity index (χ4v) is 4.98. The predicted molar refractivity (Wildman–Crippen MR) is 95.8 cm³/mol. The normalized spacial score (nSPS) is 34.0. The smallest absolute Gasteiger partial charge is 0.191 e. The number of hydrogen-bond donors (Lipinski definition) is 1. The molecule has 2 unspecified atom stereocenters. The van der Waals surface area contributed by atoms with Crippen LogP contribution in [-0.4, -0.2) is 49.7 Å². The van der Waals surface area contributed by atoms with Crippen LogP contribution in [0.1, 0.15) is 65.7 Å². The van der Waals surface area contributed by atoms with E-state index < -0.39 is 13.9 Å². The van der Waals surface area contributed by atoms with Gasteiger partial charge in [0, 0.05) is 18.7 Å². The highest BCUT2D eigenvalue weighted by Crippen LogP contribution is 2.41. The molecule has 0 aromatic carbocycles. The second-order valence-corrected chi connectivity index (χ2v) is 14.1. The maximum absolute atomic E-state index is 11.0. The molecule has 1 N–H and O–H groups in total. The van der Waals surface area contributed by atoms with Crippen molar-refractivity contribution >= 4 is 8.32 Å². The van der Waals surface area contributed by atoms with Crippen molar-refractivity contribution in [3.63, 3.8) is 0 Å². The molecule has 3 nitrogen and oxygen atoms in total. The minimum absolute atomic E-state index is 0.272. The van der Waals surface area contributed by atoms with Gasteiger partial charge in [-0.1, -0.05) is 27.2 Å². The van der Waals surface area contributed by atoms with Gasteiger partial charge in [0.05, 0.1) is 5.60 Å². The molecule has 0 aliphatic carbocycles. The van der Waals surface area contributed by atoms with E-state index in [-0.39, 0.29) is 5.04 Å². The average molecular weight is 328 g/mol. The standard InChI is InChI=1S/C18H37NO2Si/c1-17(2,3)22(5,6)21-12-8-11-18(20)13-15-9-7-10-16(14-18)19(15)4/h15-16,20H,7-14H2,1-6H3. The first kappa shape index (κ1) is 18.4. The Morgan fingerprint density at radius 1 is 1.18 bits per heavy atom. The minimum atomic E-state index is -1.64. The van der Waals surface area contributed by atoms with Crippen LogP contribution in [0.5, 0.6) is 0 Å². The summed E-state index contributed by atoms with van der Waals surface area (Å²) >= 11 is 0. The molecule has 0 radical (unpaired) electrons. The van der Waals surface area contributed by atoms with Gasteiger partial charge in [-0.05, 0) is 63.7 Å². The third kappa shape index (κ3) is 4.14. The third-order valence-electron chi connectivity index (χ3n) is 6.51. The number of nitrogens with zero attached hydrogens (tertiary/aromatic N) is 1. The second-order valence-electron chi connectivity index (χ2n) is 9.25. The van der Waals surface area contributed by atoms with Gasteiger partial charge in [0.1, 0.15) is 0 Å². The Bertz CT molecular complexity index is 364. The SMILES string of the molecule is CN1C2CCCC1CC(O)(CCCO[Si](C)(C)C(C)(C)C)C2. The van der Waals surface area contributed by atoms with Crippen LogP contribution in [0.15, 0.2) is 0 Å². The number of rotatable bonds is 5. The van der Waals surface area contributed by atoms with E-state index in [0.29, 0.717) is 12.1 Å². The molecule has 0 spiro atoms. The highest BCUT2D eigenvalue weighted by atomic mass is 28.4. The molecule has 0 amide bonds. The number of fused-ring (bicyclic) bond motifs is 2. The number of hydrogen-bond acceptors (Lipinski definition) is 3. The van der Waals surface area contributed by atoms with Crippen molar-refractivity contribution in [2.75, 3.05) is 13.7 Å². The Labute approximate surface area is 138 Å². The lowest BCUT2D eigenvalue weighted by atomic mass is 9.74. The van der Waals surface area contributed by atoms with E-state index in [1.807, 2.05) is 0 Å². The summed E-state index contributed by atoms with van der Waals surface area (Å²) in [4.78, 5) is 2.52. The molecule has 2 aliphatic heterocycles. The van der Waals surface area contributed by atoms with Gasteiger partial charge in [-0.3, -0.25) is 0 Å². The number of piperidine rings is 2. The van der Waals surface area contributed by atoms with E-state index in [0.717, 1.165) is 32.3 Å². The van der Waals surface area contributed by atoms with Crippen molar-refractivity contribution in [2.45, 2.75) is 102 Å². The molecule has 0 saturated carbocycles. The highest BCUT2D eigenvalue weighted by molar-refractivity contribution is 6.74. The molecule has 2 fully saturated rings. The van der Waals surface area contributed by atoms with E-state index in [2.05, 4.69) is 45.8 Å². The van der Waals surface area contributed by atoms with Crippen LogP contribution in [0, 0.1) is 0 Å². The summed E-state index contributed by atoms with van der Waals surface area (Å²) in [5, 5.41) is 11.3. The van der Waals surface area contributed by atoms with E-state index in [1.165, 1.54) is 19.3 Å². The lowest BCUT2D eigenvalue weighted by Gasteiger charge is -2.50. The Morgan fingerprint density at radius 2 is 1.73 bits per heavy atom.